The van der Waals surface area contributed by atoms with Gasteiger partial charge in [-0.05, 0) is 36.6 Å². The van der Waals surface area contributed by atoms with Crippen LogP contribution >= 0.6 is 0 Å². The number of aromatic hydroxyl groups is 1. The smallest absolute Gasteiger partial charge is 0.146 e. The highest BCUT2D eigenvalue weighted by atomic mass is 16.5. The number of aliphatic hydroxyl groups is 1. The number of benzene rings is 2. The van der Waals surface area contributed by atoms with Crippen LogP contribution in [0.5, 0.6) is 11.5 Å². The van der Waals surface area contributed by atoms with Crippen molar-refractivity contribution < 1.29 is 14.9 Å². The van der Waals surface area contributed by atoms with Crippen molar-refractivity contribution in [3.8, 4) is 11.5 Å². The molecule has 0 fully saturated rings. The molecule has 2 N–H and O–H groups in total. The SMILES string of the molecule is Cc1ccccc1CC1CN(CCCO)c2ccc(O)cc2O1. The van der Waals surface area contributed by atoms with Crippen molar-refractivity contribution in [2.75, 3.05) is 24.6 Å². The monoisotopic (exact) mass is 313 g/mol. The van der Waals surface area contributed by atoms with Crippen LogP contribution in [0.25, 0.3) is 0 Å². The summed E-state index contributed by atoms with van der Waals surface area (Å²) in [5.41, 5.74) is 3.53. The second kappa shape index (κ2) is 6.92. The van der Waals surface area contributed by atoms with Crippen LogP contribution in [0, 0.1) is 6.92 Å². The molecule has 23 heavy (non-hydrogen) atoms. The van der Waals surface area contributed by atoms with Gasteiger partial charge in [0.15, 0.2) is 0 Å². The maximum atomic E-state index is 9.73. The van der Waals surface area contributed by atoms with E-state index in [0.29, 0.717) is 5.75 Å². The molecule has 0 saturated carbocycles. The Balaban J connectivity index is 1.82. The van der Waals surface area contributed by atoms with Crippen molar-refractivity contribution >= 4 is 5.69 Å². The largest absolute Gasteiger partial charge is 0.508 e. The van der Waals surface area contributed by atoms with Gasteiger partial charge in [0, 0.05) is 25.6 Å². The van der Waals surface area contributed by atoms with Crippen LogP contribution in [0.15, 0.2) is 42.5 Å². The van der Waals surface area contributed by atoms with Gasteiger partial charge in [0.2, 0.25) is 0 Å². The Morgan fingerprint density at radius 1 is 1.22 bits per heavy atom. The molecule has 3 rings (SSSR count). The molecule has 4 heteroatoms. The molecule has 1 heterocycles. The van der Waals surface area contributed by atoms with Crippen LogP contribution in [0.2, 0.25) is 0 Å². The first-order chi connectivity index (χ1) is 11.2. The summed E-state index contributed by atoms with van der Waals surface area (Å²) in [6.45, 7) is 3.85. The number of rotatable bonds is 5. The quantitative estimate of drug-likeness (QED) is 0.891. The van der Waals surface area contributed by atoms with Crippen molar-refractivity contribution in [1.29, 1.82) is 0 Å². The summed E-state index contributed by atoms with van der Waals surface area (Å²) < 4.78 is 6.12. The first-order valence-electron chi connectivity index (χ1n) is 8.07. The highest BCUT2D eigenvalue weighted by Crippen LogP contribution is 2.36. The van der Waals surface area contributed by atoms with Gasteiger partial charge < -0.3 is 19.8 Å². The minimum absolute atomic E-state index is 0.0316. The second-order valence-corrected chi connectivity index (χ2v) is 6.05. The van der Waals surface area contributed by atoms with Gasteiger partial charge >= 0.3 is 0 Å². The molecule has 1 unspecified atom stereocenters. The summed E-state index contributed by atoms with van der Waals surface area (Å²) in [7, 11) is 0. The number of nitrogens with zero attached hydrogens (tertiary/aromatic N) is 1. The average molecular weight is 313 g/mol. The fourth-order valence-corrected chi connectivity index (χ4v) is 3.08. The topological polar surface area (TPSA) is 52.9 Å². The molecular weight excluding hydrogens is 290 g/mol. The van der Waals surface area contributed by atoms with Gasteiger partial charge in [-0.25, -0.2) is 0 Å². The molecule has 0 bridgehead atoms. The van der Waals surface area contributed by atoms with Gasteiger partial charge in [0.25, 0.3) is 0 Å². The van der Waals surface area contributed by atoms with Gasteiger partial charge in [0.05, 0.1) is 12.2 Å². The van der Waals surface area contributed by atoms with Crippen molar-refractivity contribution in [3.05, 3.63) is 53.6 Å². The first-order valence-corrected chi connectivity index (χ1v) is 8.07. The highest BCUT2D eigenvalue weighted by Gasteiger charge is 2.26. The zero-order chi connectivity index (χ0) is 16.2. The minimum atomic E-state index is 0.0316. The molecule has 2 aromatic rings. The van der Waals surface area contributed by atoms with Gasteiger partial charge in [-0.2, -0.15) is 0 Å². The minimum Gasteiger partial charge on any atom is -0.508 e. The van der Waals surface area contributed by atoms with E-state index >= 15 is 0 Å². The molecule has 0 radical (unpaired) electrons. The van der Waals surface area contributed by atoms with Crippen LogP contribution in [-0.2, 0) is 6.42 Å². The van der Waals surface area contributed by atoms with E-state index in [9.17, 15) is 5.11 Å². The number of hydrogen-bond acceptors (Lipinski definition) is 4. The molecule has 4 nitrogen and oxygen atoms in total. The third-order valence-corrected chi connectivity index (χ3v) is 4.30. The molecule has 0 spiro atoms. The predicted molar refractivity (Wildman–Crippen MR) is 91.3 cm³/mol. The van der Waals surface area contributed by atoms with Gasteiger partial charge in [-0.3, -0.25) is 0 Å². The average Bonchev–Trinajstić information content (AvgIpc) is 2.54. The molecule has 0 saturated heterocycles. The summed E-state index contributed by atoms with van der Waals surface area (Å²) in [5.74, 6) is 0.926. The van der Waals surface area contributed by atoms with E-state index in [2.05, 4.69) is 30.0 Å². The van der Waals surface area contributed by atoms with Crippen LogP contribution in [0.3, 0.4) is 0 Å². The predicted octanol–water partition coefficient (Wildman–Crippen LogP) is 2.89. The molecule has 0 amide bonds. The highest BCUT2D eigenvalue weighted by molar-refractivity contribution is 5.62. The molecular formula is C19H23NO3. The van der Waals surface area contributed by atoms with E-state index in [-0.39, 0.29) is 18.5 Å². The zero-order valence-electron chi connectivity index (χ0n) is 13.4. The molecule has 0 aliphatic carbocycles. The lowest BCUT2D eigenvalue weighted by atomic mass is 10.0. The maximum absolute atomic E-state index is 9.73. The van der Waals surface area contributed by atoms with Crippen molar-refractivity contribution in [1.82, 2.24) is 0 Å². The number of ether oxygens (including phenoxy) is 1. The van der Waals surface area contributed by atoms with E-state index < -0.39 is 0 Å². The number of fused-ring (bicyclic) bond motifs is 1. The van der Waals surface area contributed by atoms with Crippen LogP contribution in [0.1, 0.15) is 17.5 Å². The third-order valence-electron chi connectivity index (χ3n) is 4.30. The lowest BCUT2D eigenvalue weighted by molar-refractivity contribution is 0.191. The van der Waals surface area contributed by atoms with E-state index in [4.69, 9.17) is 9.84 Å². The maximum Gasteiger partial charge on any atom is 0.146 e. The number of aryl methyl sites for hydroxylation is 1. The van der Waals surface area contributed by atoms with E-state index in [1.165, 1.54) is 11.1 Å². The summed E-state index contributed by atoms with van der Waals surface area (Å²) in [5, 5.41) is 18.9. The standard InChI is InChI=1S/C19H23NO3/c1-14-5-2-3-6-15(14)11-17-13-20(9-4-10-21)18-8-7-16(22)12-19(18)23-17/h2-3,5-8,12,17,21-22H,4,9-11,13H2,1H3. The van der Waals surface area contributed by atoms with Crippen LogP contribution in [-0.4, -0.2) is 36.0 Å². The van der Waals surface area contributed by atoms with E-state index in [0.717, 1.165) is 31.6 Å². The molecule has 0 aromatic heterocycles. The fourth-order valence-electron chi connectivity index (χ4n) is 3.08. The number of phenolic OH excluding ortho intramolecular Hbond substituents is 1. The van der Waals surface area contributed by atoms with Gasteiger partial charge in [0.1, 0.15) is 17.6 Å². The normalized spacial score (nSPS) is 16.8. The van der Waals surface area contributed by atoms with Crippen molar-refractivity contribution in [3.63, 3.8) is 0 Å². The zero-order valence-corrected chi connectivity index (χ0v) is 13.4. The summed E-state index contributed by atoms with van der Waals surface area (Å²) in [4.78, 5) is 2.23. The fraction of sp³-hybridized carbons (Fsp3) is 0.368. The number of phenols is 1. The van der Waals surface area contributed by atoms with Crippen LogP contribution < -0.4 is 9.64 Å². The summed E-state index contributed by atoms with van der Waals surface area (Å²) >= 11 is 0. The van der Waals surface area contributed by atoms with E-state index in [1.807, 2.05) is 12.1 Å². The number of aliphatic hydroxyl groups excluding tert-OH is 1. The van der Waals surface area contributed by atoms with Gasteiger partial charge in [-0.15, -0.1) is 0 Å². The number of hydrogen-bond donors (Lipinski definition) is 2. The third kappa shape index (κ3) is 3.59. The molecule has 122 valence electrons. The Morgan fingerprint density at radius 3 is 2.83 bits per heavy atom. The Morgan fingerprint density at radius 2 is 2.04 bits per heavy atom. The molecule has 1 aliphatic heterocycles. The summed E-state index contributed by atoms with van der Waals surface area (Å²) in [6.07, 6.45) is 1.58. The Labute approximate surface area is 136 Å². The van der Waals surface area contributed by atoms with Gasteiger partial charge in [-0.1, -0.05) is 24.3 Å². The Hall–Kier alpha value is -2.20. The van der Waals surface area contributed by atoms with E-state index in [1.54, 1.807) is 12.1 Å². The molecule has 1 aliphatic rings. The Kier molecular flexibility index (Phi) is 4.72. The van der Waals surface area contributed by atoms with Crippen LogP contribution in [0.4, 0.5) is 5.69 Å². The number of anilines is 1. The molecule has 1 atom stereocenters. The Bertz CT molecular complexity index is 671. The summed E-state index contributed by atoms with van der Waals surface area (Å²) in [6, 6.07) is 13.6. The lowest BCUT2D eigenvalue weighted by Crippen LogP contribution is -2.42. The molecule has 2 aromatic carbocycles. The second-order valence-electron chi connectivity index (χ2n) is 6.05. The van der Waals surface area contributed by atoms with Crippen molar-refractivity contribution in [2.45, 2.75) is 25.9 Å². The first kappa shape index (κ1) is 15.7. The lowest BCUT2D eigenvalue weighted by Gasteiger charge is -2.36. The van der Waals surface area contributed by atoms with Crippen molar-refractivity contribution in [2.24, 2.45) is 0 Å².